The minimum absolute atomic E-state index is 0.247. The van der Waals surface area contributed by atoms with Crippen molar-refractivity contribution in [2.45, 2.75) is 32.0 Å². The fraction of sp³-hybridized carbons (Fsp3) is 0.800. The van der Waals surface area contributed by atoms with Crippen LogP contribution in [0.1, 0.15) is 27.7 Å². The normalized spacial score (nSPS) is 42.1. The van der Waals surface area contributed by atoms with Crippen molar-refractivity contribution < 1.29 is 0 Å². The monoisotopic (exact) mass is 294 g/mol. The highest BCUT2D eigenvalue weighted by Crippen LogP contribution is 2.62. The second-order valence-corrected chi connectivity index (χ2v) is 6.27. The molecule has 12 heavy (non-hydrogen) atoms. The maximum absolute atomic E-state index is 3.80. The zero-order valence-corrected chi connectivity index (χ0v) is 11.2. The first kappa shape index (κ1) is 10.8. The van der Waals surface area contributed by atoms with Gasteiger partial charge in [-0.3, -0.25) is 0 Å². The first-order valence-corrected chi connectivity index (χ1v) is 6.06. The van der Waals surface area contributed by atoms with Crippen LogP contribution in [0.25, 0.3) is 0 Å². The molecule has 0 amide bonds. The maximum Gasteiger partial charge on any atom is 0.0625 e. The number of hydrogen-bond donors (Lipinski definition) is 0. The average molecular weight is 296 g/mol. The smallest absolute Gasteiger partial charge is 0.0625 e. The topological polar surface area (TPSA) is 0 Å². The fourth-order valence-electron chi connectivity index (χ4n) is 1.58. The van der Waals surface area contributed by atoms with Gasteiger partial charge in [-0.1, -0.05) is 65.6 Å². The summed E-state index contributed by atoms with van der Waals surface area (Å²) in [7, 11) is 0. The minimum atomic E-state index is 0.247. The summed E-state index contributed by atoms with van der Waals surface area (Å²) in [5.74, 6) is 2.12. The van der Waals surface area contributed by atoms with Gasteiger partial charge >= 0.3 is 0 Å². The number of halogens is 2. The van der Waals surface area contributed by atoms with Crippen LogP contribution in [-0.4, -0.2) is 4.32 Å². The van der Waals surface area contributed by atoms with Gasteiger partial charge in [-0.2, -0.15) is 0 Å². The average Bonchev–Trinajstić information content (AvgIpc) is 2.41. The second kappa shape index (κ2) is 3.45. The Balaban J connectivity index is 2.72. The molecule has 0 heterocycles. The van der Waals surface area contributed by atoms with Crippen molar-refractivity contribution >= 4 is 31.9 Å². The Kier molecular flexibility index (Phi) is 3.10. The number of rotatable bonds is 2. The van der Waals surface area contributed by atoms with E-state index in [1.165, 1.54) is 4.48 Å². The van der Waals surface area contributed by atoms with E-state index in [2.05, 4.69) is 65.6 Å². The summed E-state index contributed by atoms with van der Waals surface area (Å²) >= 11 is 7.46. The minimum Gasteiger partial charge on any atom is -0.0789 e. The van der Waals surface area contributed by atoms with Crippen molar-refractivity contribution in [3.05, 3.63) is 10.6 Å². The molecule has 0 bridgehead atoms. The van der Waals surface area contributed by atoms with E-state index in [1.807, 2.05) is 0 Å². The molecule has 0 spiro atoms. The van der Waals surface area contributed by atoms with Crippen LogP contribution in [0.2, 0.25) is 0 Å². The lowest BCUT2D eigenvalue weighted by Gasteiger charge is -2.09. The van der Waals surface area contributed by atoms with Crippen molar-refractivity contribution in [2.75, 3.05) is 0 Å². The molecule has 0 aliphatic heterocycles. The van der Waals surface area contributed by atoms with E-state index in [0.717, 1.165) is 11.8 Å². The third-order valence-corrected chi connectivity index (χ3v) is 6.14. The highest BCUT2D eigenvalue weighted by molar-refractivity contribution is 9.14. The first-order valence-electron chi connectivity index (χ1n) is 4.47. The molecule has 0 aromatic heterocycles. The standard InChI is InChI=1S/C10H16Br2/c1-6(2)5-9(11)10(12)7(3)8(10)4/h5-8H,1-4H3/b9-5-/t7-,8-/m0/s1. The van der Waals surface area contributed by atoms with Gasteiger partial charge in [0, 0.05) is 4.48 Å². The van der Waals surface area contributed by atoms with Gasteiger partial charge in [-0.25, -0.2) is 0 Å². The largest absolute Gasteiger partial charge is 0.0789 e. The van der Waals surface area contributed by atoms with Crippen LogP contribution in [0.4, 0.5) is 0 Å². The molecular formula is C10H16Br2. The third kappa shape index (κ3) is 1.65. The maximum atomic E-state index is 3.80. The lowest BCUT2D eigenvalue weighted by Crippen LogP contribution is -2.03. The van der Waals surface area contributed by atoms with Crippen molar-refractivity contribution in [1.82, 2.24) is 0 Å². The molecule has 0 saturated heterocycles. The Bertz CT molecular complexity index is 198. The van der Waals surface area contributed by atoms with Gasteiger partial charge in [-0.05, 0) is 17.8 Å². The third-order valence-electron chi connectivity index (χ3n) is 2.81. The van der Waals surface area contributed by atoms with Crippen molar-refractivity contribution in [2.24, 2.45) is 17.8 Å². The molecule has 0 aromatic carbocycles. The molecule has 0 radical (unpaired) electrons. The zero-order chi connectivity index (χ0) is 9.52. The molecule has 70 valence electrons. The highest BCUT2D eigenvalue weighted by Gasteiger charge is 2.59. The van der Waals surface area contributed by atoms with Crippen LogP contribution >= 0.6 is 31.9 Å². The number of hydrogen-bond acceptors (Lipinski definition) is 0. The van der Waals surface area contributed by atoms with Gasteiger partial charge in [0.15, 0.2) is 0 Å². The van der Waals surface area contributed by atoms with Gasteiger partial charge < -0.3 is 0 Å². The molecule has 0 aromatic rings. The molecule has 0 unspecified atom stereocenters. The van der Waals surface area contributed by atoms with Crippen molar-refractivity contribution in [3.8, 4) is 0 Å². The lowest BCUT2D eigenvalue weighted by atomic mass is 10.1. The molecule has 1 aliphatic carbocycles. The Labute approximate surface area is 92.1 Å². The summed E-state index contributed by atoms with van der Waals surface area (Å²) < 4.78 is 1.57. The quantitative estimate of drug-likeness (QED) is 0.665. The van der Waals surface area contributed by atoms with Crippen molar-refractivity contribution in [3.63, 3.8) is 0 Å². The Morgan fingerprint density at radius 1 is 1.33 bits per heavy atom. The van der Waals surface area contributed by atoms with Gasteiger partial charge in [-0.15, -0.1) is 0 Å². The van der Waals surface area contributed by atoms with E-state index >= 15 is 0 Å². The Hall–Kier alpha value is 0.700. The highest BCUT2D eigenvalue weighted by atomic mass is 79.9. The Morgan fingerprint density at radius 2 is 1.75 bits per heavy atom. The van der Waals surface area contributed by atoms with Crippen LogP contribution < -0.4 is 0 Å². The molecule has 0 N–H and O–H groups in total. The van der Waals surface area contributed by atoms with Crippen LogP contribution in [0.5, 0.6) is 0 Å². The summed E-state index contributed by atoms with van der Waals surface area (Å²) in [4.78, 5) is 0. The van der Waals surface area contributed by atoms with E-state index in [4.69, 9.17) is 0 Å². The van der Waals surface area contributed by atoms with Gasteiger partial charge in [0.05, 0.1) is 4.32 Å². The summed E-state index contributed by atoms with van der Waals surface area (Å²) in [5, 5.41) is 0. The predicted molar refractivity (Wildman–Crippen MR) is 61.8 cm³/mol. The van der Waals surface area contributed by atoms with Crippen LogP contribution in [0.3, 0.4) is 0 Å². The van der Waals surface area contributed by atoms with E-state index < -0.39 is 0 Å². The molecule has 1 rings (SSSR count). The van der Waals surface area contributed by atoms with Gasteiger partial charge in [0.25, 0.3) is 0 Å². The van der Waals surface area contributed by atoms with Crippen LogP contribution in [0, 0.1) is 17.8 Å². The Morgan fingerprint density at radius 3 is 2.00 bits per heavy atom. The summed E-state index contributed by atoms with van der Waals surface area (Å²) in [6.45, 7) is 8.98. The molecule has 0 nitrogen and oxygen atoms in total. The predicted octanol–water partition coefficient (Wildman–Crippen LogP) is 4.34. The molecular weight excluding hydrogens is 280 g/mol. The van der Waals surface area contributed by atoms with Gasteiger partial charge in [0.1, 0.15) is 0 Å². The summed E-state index contributed by atoms with van der Waals surface area (Å²) in [6.07, 6.45) is 2.29. The lowest BCUT2D eigenvalue weighted by molar-refractivity contribution is 0.817. The van der Waals surface area contributed by atoms with E-state index in [9.17, 15) is 0 Å². The van der Waals surface area contributed by atoms with E-state index in [-0.39, 0.29) is 4.32 Å². The molecule has 2 atom stereocenters. The van der Waals surface area contributed by atoms with Crippen molar-refractivity contribution in [1.29, 1.82) is 0 Å². The fourth-order valence-corrected chi connectivity index (χ4v) is 3.62. The van der Waals surface area contributed by atoms with Crippen LogP contribution in [0.15, 0.2) is 10.6 Å². The first-order chi connectivity index (χ1) is 5.40. The van der Waals surface area contributed by atoms with Crippen LogP contribution in [-0.2, 0) is 0 Å². The zero-order valence-electron chi connectivity index (χ0n) is 8.07. The second-order valence-electron chi connectivity index (χ2n) is 4.10. The van der Waals surface area contributed by atoms with E-state index in [0.29, 0.717) is 5.92 Å². The molecule has 1 aliphatic rings. The molecule has 1 fully saturated rings. The molecule has 2 heteroatoms. The number of allylic oxidation sites excluding steroid dienone is 2. The summed E-state index contributed by atoms with van der Waals surface area (Å²) in [5.41, 5.74) is 0. The van der Waals surface area contributed by atoms with E-state index in [1.54, 1.807) is 0 Å². The number of alkyl halides is 1. The summed E-state index contributed by atoms with van der Waals surface area (Å²) in [6, 6.07) is 0. The van der Waals surface area contributed by atoms with Gasteiger partial charge in [0.2, 0.25) is 0 Å². The molecule has 1 saturated carbocycles. The SMILES string of the molecule is CC(C)/C=C(\Br)C1(Br)[C@@H](C)[C@@H]1C.